The normalized spacial score (nSPS) is 16.1. The number of nitrogens with zero attached hydrogens (tertiary/aromatic N) is 1. The fraction of sp³-hybridized carbons (Fsp3) is 0.529. The van der Waals surface area contributed by atoms with Crippen LogP contribution in [0.1, 0.15) is 25.3 Å². The van der Waals surface area contributed by atoms with E-state index in [2.05, 4.69) is 10.2 Å². The Kier molecular flexibility index (Phi) is 6.86. The largest absolute Gasteiger partial charge is 0.466 e. The van der Waals surface area contributed by atoms with Crippen LogP contribution in [0.25, 0.3) is 0 Å². The summed E-state index contributed by atoms with van der Waals surface area (Å²) in [6.45, 7) is 4.55. The molecule has 1 aliphatic rings. The smallest absolute Gasteiger partial charge is 0.309 e. The van der Waals surface area contributed by atoms with Crippen molar-refractivity contribution in [1.82, 2.24) is 10.2 Å². The standard InChI is InChI=1S/C17H23ClN2O3/c1-2-23-17(22)14-6-8-20(9-7-14)12-16(21)19-11-13-4-3-5-15(18)10-13/h3-5,10,14H,2,6-9,11-12H2,1H3,(H,19,21). The maximum absolute atomic E-state index is 12.0. The molecule has 0 spiro atoms. The summed E-state index contributed by atoms with van der Waals surface area (Å²) in [6, 6.07) is 7.44. The monoisotopic (exact) mass is 338 g/mol. The van der Waals surface area contributed by atoms with Crippen molar-refractivity contribution >= 4 is 23.5 Å². The molecule has 1 aliphatic heterocycles. The third-order valence-corrected chi connectivity index (χ3v) is 4.19. The molecule has 1 fully saturated rings. The average molecular weight is 339 g/mol. The van der Waals surface area contributed by atoms with E-state index < -0.39 is 0 Å². The number of amides is 1. The van der Waals surface area contributed by atoms with Gasteiger partial charge in [-0.15, -0.1) is 0 Å². The molecule has 0 saturated carbocycles. The number of nitrogens with one attached hydrogen (secondary N) is 1. The van der Waals surface area contributed by atoms with Gasteiger partial charge in [-0.25, -0.2) is 0 Å². The number of ether oxygens (including phenoxy) is 1. The van der Waals surface area contributed by atoms with Crippen LogP contribution in [0.5, 0.6) is 0 Å². The Morgan fingerprint density at radius 1 is 1.35 bits per heavy atom. The van der Waals surface area contributed by atoms with E-state index in [1.165, 1.54) is 0 Å². The van der Waals surface area contributed by atoms with Gasteiger partial charge in [-0.2, -0.15) is 0 Å². The summed E-state index contributed by atoms with van der Waals surface area (Å²) in [5.74, 6) is -0.155. The second kappa shape index (κ2) is 8.89. The first kappa shape index (κ1) is 17.8. The second-order valence-corrected chi connectivity index (χ2v) is 6.15. The lowest BCUT2D eigenvalue weighted by atomic mass is 9.97. The molecule has 1 aromatic rings. The summed E-state index contributed by atoms with van der Waals surface area (Å²) in [4.78, 5) is 25.8. The fourth-order valence-electron chi connectivity index (χ4n) is 2.69. The Balaban J connectivity index is 1.69. The van der Waals surface area contributed by atoms with E-state index in [1.54, 1.807) is 6.07 Å². The lowest BCUT2D eigenvalue weighted by molar-refractivity contribution is -0.149. The second-order valence-electron chi connectivity index (χ2n) is 5.71. The van der Waals surface area contributed by atoms with Crippen molar-refractivity contribution in [3.05, 3.63) is 34.9 Å². The number of likely N-dealkylation sites (tertiary alicyclic amines) is 1. The number of carbonyl (C=O) groups excluding carboxylic acids is 2. The molecule has 0 aromatic heterocycles. The lowest BCUT2D eigenvalue weighted by Gasteiger charge is -2.30. The molecule has 0 bridgehead atoms. The highest BCUT2D eigenvalue weighted by atomic mass is 35.5. The predicted molar refractivity (Wildman–Crippen MR) is 89.1 cm³/mol. The number of rotatable bonds is 6. The molecule has 1 aromatic carbocycles. The molecule has 0 atom stereocenters. The molecule has 6 heteroatoms. The van der Waals surface area contributed by atoms with Crippen LogP contribution < -0.4 is 5.32 Å². The van der Waals surface area contributed by atoms with Gasteiger partial charge in [0.05, 0.1) is 19.1 Å². The van der Waals surface area contributed by atoms with Crippen LogP contribution in [-0.2, 0) is 20.9 Å². The minimum atomic E-state index is -0.113. The molecular formula is C17H23ClN2O3. The molecule has 2 rings (SSSR count). The quantitative estimate of drug-likeness (QED) is 0.808. The minimum absolute atomic E-state index is 0.0143. The Morgan fingerprint density at radius 3 is 2.74 bits per heavy atom. The SMILES string of the molecule is CCOC(=O)C1CCN(CC(=O)NCc2cccc(Cl)c2)CC1. The van der Waals surface area contributed by atoms with Crippen molar-refractivity contribution in [2.24, 2.45) is 5.92 Å². The third kappa shape index (κ3) is 5.84. The molecule has 0 aliphatic carbocycles. The Labute approximate surface area is 141 Å². The number of benzene rings is 1. The van der Waals surface area contributed by atoms with Gasteiger partial charge in [0, 0.05) is 11.6 Å². The van der Waals surface area contributed by atoms with E-state index in [0.717, 1.165) is 31.5 Å². The minimum Gasteiger partial charge on any atom is -0.466 e. The zero-order valence-electron chi connectivity index (χ0n) is 13.4. The number of hydrogen-bond donors (Lipinski definition) is 1. The van der Waals surface area contributed by atoms with Gasteiger partial charge in [-0.05, 0) is 50.6 Å². The lowest BCUT2D eigenvalue weighted by Crippen LogP contribution is -2.42. The van der Waals surface area contributed by atoms with Crippen molar-refractivity contribution in [3.63, 3.8) is 0 Å². The van der Waals surface area contributed by atoms with Gasteiger partial charge in [0.15, 0.2) is 0 Å². The Hall–Kier alpha value is -1.59. The highest BCUT2D eigenvalue weighted by molar-refractivity contribution is 6.30. The molecule has 23 heavy (non-hydrogen) atoms. The molecular weight excluding hydrogens is 316 g/mol. The van der Waals surface area contributed by atoms with E-state index in [0.29, 0.717) is 24.7 Å². The van der Waals surface area contributed by atoms with Gasteiger partial charge in [0.1, 0.15) is 0 Å². The molecule has 1 heterocycles. The van der Waals surface area contributed by atoms with Gasteiger partial charge in [-0.3, -0.25) is 14.5 Å². The van der Waals surface area contributed by atoms with Crippen molar-refractivity contribution in [3.8, 4) is 0 Å². The van der Waals surface area contributed by atoms with Crippen LogP contribution in [-0.4, -0.2) is 43.0 Å². The number of halogens is 1. The van der Waals surface area contributed by atoms with Gasteiger partial charge in [0.25, 0.3) is 0 Å². The van der Waals surface area contributed by atoms with Crippen LogP contribution >= 0.6 is 11.6 Å². The summed E-state index contributed by atoms with van der Waals surface area (Å²) >= 11 is 5.92. The summed E-state index contributed by atoms with van der Waals surface area (Å²) in [6.07, 6.45) is 1.50. The van der Waals surface area contributed by atoms with Crippen molar-refractivity contribution in [2.45, 2.75) is 26.3 Å². The molecule has 1 amide bonds. The topological polar surface area (TPSA) is 58.6 Å². The maximum Gasteiger partial charge on any atom is 0.309 e. The average Bonchev–Trinajstić information content (AvgIpc) is 2.54. The van der Waals surface area contributed by atoms with Gasteiger partial charge in [-0.1, -0.05) is 23.7 Å². The van der Waals surface area contributed by atoms with E-state index in [4.69, 9.17) is 16.3 Å². The number of carbonyl (C=O) groups is 2. The van der Waals surface area contributed by atoms with E-state index in [-0.39, 0.29) is 17.8 Å². The molecule has 126 valence electrons. The summed E-state index contributed by atoms with van der Waals surface area (Å²) in [5, 5.41) is 3.56. The zero-order chi connectivity index (χ0) is 16.7. The van der Waals surface area contributed by atoms with E-state index in [1.807, 2.05) is 25.1 Å². The number of hydrogen-bond acceptors (Lipinski definition) is 4. The first-order valence-corrected chi connectivity index (χ1v) is 8.36. The number of esters is 1. The molecule has 1 N–H and O–H groups in total. The first-order valence-electron chi connectivity index (χ1n) is 7.98. The summed E-state index contributed by atoms with van der Waals surface area (Å²) < 4.78 is 5.05. The van der Waals surface area contributed by atoms with Gasteiger partial charge < -0.3 is 10.1 Å². The molecule has 5 nitrogen and oxygen atoms in total. The van der Waals surface area contributed by atoms with Crippen LogP contribution in [0.15, 0.2) is 24.3 Å². The number of piperidine rings is 1. The van der Waals surface area contributed by atoms with Crippen molar-refractivity contribution < 1.29 is 14.3 Å². The highest BCUT2D eigenvalue weighted by Crippen LogP contribution is 2.18. The fourth-order valence-corrected chi connectivity index (χ4v) is 2.91. The van der Waals surface area contributed by atoms with Gasteiger partial charge in [0.2, 0.25) is 5.91 Å². The highest BCUT2D eigenvalue weighted by Gasteiger charge is 2.26. The maximum atomic E-state index is 12.0. The zero-order valence-corrected chi connectivity index (χ0v) is 14.1. The van der Waals surface area contributed by atoms with Crippen LogP contribution in [0.3, 0.4) is 0 Å². The molecule has 1 saturated heterocycles. The molecule has 0 radical (unpaired) electrons. The van der Waals surface area contributed by atoms with Gasteiger partial charge >= 0.3 is 5.97 Å². The third-order valence-electron chi connectivity index (χ3n) is 3.95. The van der Waals surface area contributed by atoms with Crippen molar-refractivity contribution in [1.29, 1.82) is 0 Å². The van der Waals surface area contributed by atoms with E-state index in [9.17, 15) is 9.59 Å². The van der Waals surface area contributed by atoms with Crippen LogP contribution in [0.4, 0.5) is 0 Å². The Morgan fingerprint density at radius 2 is 2.09 bits per heavy atom. The Bertz CT molecular complexity index is 542. The summed E-state index contributed by atoms with van der Waals surface area (Å²) in [7, 11) is 0. The van der Waals surface area contributed by atoms with E-state index >= 15 is 0 Å². The van der Waals surface area contributed by atoms with Crippen molar-refractivity contribution in [2.75, 3.05) is 26.2 Å². The predicted octanol–water partition coefficient (Wildman–Crippen LogP) is 2.23. The van der Waals surface area contributed by atoms with Crippen LogP contribution in [0.2, 0.25) is 5.02 Å². The first-order chi connectivity index (χ1) is 11.1. The summed E-state index contributed by atoms with van der Waals surface area (Å²) in [5.41, 5.74) is 0.979. The van der Waals surface area contributed by atoms with Crippen LogP contribution in [0, 0.1) is 5.92 Å². The molecule has 0 unspecified atom stereocenters.